The van der Waals surface area contributed by atoms with E-state index in [9.17, 15) is 27.9 Å². The van der Waals surface area contributed by atoms with E-state index in [0.29, 0.717) is 34.1 Å². The number of hydrogen-bond acceptors (Lipinski definition) is 4. The van der Waals surface area contributed by atoms with Crippen LogP contribution in [0.2, 0.25) is 0 Å². The zero-order chi connectivity index (χ0) is 27.6. The zero-order valence-electron chi connectivity index (χ0n) is 21.4. The Kier molecular flexibility index (Phi) is 7.66. The van der Waals surface area contributed by atoms with Gasteiger partial charge in [-0.3, -0.25) is 9.59 Å². The molecule has 0 bridgehead atoms. The Hall–Kier alpha value is -4.01. The van der Waals surface area contributed by atoms with Crippen molar-refractivity contribution in [2.45, 2.75) is 32.9 Å². The average Bonchev–Trinajstić information content (AvgIpc) is 3.06. The smallest absolute Gasteiger partial charge is 0.471 e. The first-order valence-electron chi connectivity index (χ1n) is 12.3. The van der Waals surface area contributed by atoms with Gasteiger partial charge in [-0.05, 0) is 73.2 Å². The van der Waals surface area contributed by atoms with Crippen molar-refractivity contribution in [1.29, 1.82) is 0 Å². The molecule has 1 atom stereocenters. The van der Waals surface area contributed by atoms with Crippen LogP contribution in [0.3, 0.4) is 0 Å². The fourth-order valence-corrected chi connectivity index (χ4v) is 4.81. The van der Waals surface area contributed by atoms with Crippen LogP contribution < -0.4 is 14.5 Å². The maximum atomic E-state index is 13.5. The molecule has 38 heavy (non-hydrogen) atoms. The Bertz CT molecular complexity index is 1360. The quantitative estimate of drug-likeness (QED) is 0.429. The minimum Gasteiger partial charge on any atom is -0.507 e. The SMILES string of the molecule is CCN(C(=O)C(F)(F)F)c1ccc(-c2ccc(C(=O)N3CC[C@@H](C)Cc4ccccc43)cc2O)cc1OC. The molecule has 0 unspecified atom stereocenters. The number of carbonyl (C=O) groups is 2. The maximum absolute atomic E-state index is 13.5. The largest absolute Gasteiger partial charge is 0.507 e. The van der Waals surface area contributed by atoms with Crippen LogP contribution in [0.15, 0.2) is 60.7 Å². The van der Waals surface area contributed by atoms with Crippen LogP contribution in [0.5, 0.6) is 11.5 Å². The highest BCUT2D eigenvalue weighted by atomic mass is 19.4. The van der Waals surface area contributed by atoms with E-state index in [1.54, 1.807) is 17.0 Å². The van der Waals surface area contributed by atoms with E-state index < -0.39 is 12.1 Å². The molecular formula is C29H29F3N2O4. The Balaban J connectivity index is 1.65. The Morgan fingerprint density at radius 3 is 2.50 bits per heavy atom. The van der Waals surface area contributed by atoms with E-state index in [4.69, 9.17) is 4.74 Å². The topological polar surface area (TPSA) is 70.1 Å². The minimum absolute atomic E-state index is 0.0387. The van der Waals surface area contributed by atoms with Gasteiger partial charge < -0.3 is 19.6 Å². The third-order valence-electron chi connectivity index (χ3n) is 6.77. The van der Waals surface area contributed by atoms with E-state index >= 15 is 0 Å². The third-order valence-corrected chi connectivity index (χ3v) is 6.77. The summed E-state index contributed by atoms with van der Waals surface area (Å²) in [4.78, 5) is 27.7. The number of fused-ring (bicyclic) bond motifs is 1. The van der Waals surface area contributed by atoms with Gasteiger partial charge in [-0.2, -0.15) is 13.2 Å². The molecule has 0 fully saturated rings. The number of anilines is 2. The molecule has 2 amide bonds. The van der Waals surface area contributed by atoms with Gasteiger partial charge in [-0.25, -0.2) is 0 Å². The summed E-state index contributed by atoms with van der Waals surface area (Å²) < 4.78 is 44.5. The normalized spacial score (nSPS) is 15.4. The first-order chi connectivity index (χ1) is 18.0. The fraction of sp³-hybridized carbons (Fsp3) is 0.310. The Labute approximate surface area is 219 Å². The lowest BCUT2D eigenvalue weighted by molar-refractivity contribution is -0.170. The molecule has 0 aliphatic carbocycles. The number of phenols is 1. The van der Waals surface area contributed by atoms with Gasteiger partial charge in [0.1, 0.15) is 11.5 Å². The van der Waals surface area contributed by atoms with Gasteiger partial charge in [0, 0.05) is 29.9 Å². The second-order valence-corrected chi connectivity index (χ2v) is 9.35. The van der Waals surface area contributed by atoms with E-state index in [1.807, 2.05) is 24.3 Å². The number of halogens is 3. The lowest BCUT2D eigenvalue weighted by Crippen LogP contribution is -2.41. The highest BCUT2D eigenvalue weighted by molar-refractivity contribution is 6.07. The number of alkyl halides is 3. The van der Waals surface area contributed by atoms with E-state index in [-0.39, 0.29) is 29.6 Å². The molecule has 0 spiro atoms. The molecule has 3 aromatic carbocycles. The number of amides is 2. The molecule has 0 saturated carbocycles. The summed E-state index contributed by atoms with van der Waals surface area (Å²) >= 11 is 0. The van der Waals surface area contributed by atoms with E-state index in [2.05, 4.69) is 6.92 Å². The van der Waals surface area contributed by atoms with Gasteiger partial charge in [0.05, 0.1) is 12.8 Å². The first-order valence-corrected chi connectivity index (χ1v) is 12.3. The molecule has 9 heteroatoms. The van der Waals surface area contributed by atoms with Crippen molar-refractivity contribution in [3.63, 3.8) is 0 Å². The average molecular weight is 527 g/mol. The van der Waals surface area contributed by atoms with Crippen LogP contribution in [-0.4, -0.2) is 43.3 Å². The van der Waals surface area contributed by atoms with Gasteiger partial charge in [0.15, 0.2) is 0 Å². The van der Waals surface area contributed by atoms with E-state index in [1.165, 1.54) is 38.3 Å². The molecular weight excluding hydrogens is 497 g/mol. The number of phenolic OH excluding ortho intramolecular Hbond substituents is 1. The summed E-state index contributed by atoms with van der Waals surface area (Å²) in [5.41, 5.74) is 3.05. The lowest BCUT2D eigenvalue weighted by Gasteiger charge is -2.24. The molecule has 0 radical (unpaired) electrons. The number of nitrogens with zero attached hydrogens (tertiary/aromatic N) is 2. The maximum Gasteiger partial charge on any atom is 0.471 e. The molecule has 200 valence electrons. The van der Waals surface area contributed by atoms with Gasteiger partial charge in [0.25, 0.3) is 5.91 Å². The first kappa shape index (κ1) is 27.0. The van der Waals surface area contributed by atoms with Gasteiger partial charge in [-0.1, -0.05) is 31.2 Å². The monoisotopic (exact) mass is 526 g/mol. The number of para-hydroxylation sites is 1. The molecule has 0 aromatic heterocycles. The molecule has 3 aromatic rings. The van der Waals surface area contributed by atoms with Crippen LogP contribution in [0, 0.1) is 5.92 Å². The standard InChI is InChI=1S/C29H29F3N2O4/c1-4-33(28(37)29(30,31)32)24-12-10-19(17-26(24)38-3)22-11-9-21(16-25(22)35)27(36)34-14-13-18(2)15-20-7-5-6-8-23(20)34/h5-12,16-18,35H,4,13-15H2,1-3H3/t18-/m1/s1. The van der Waals surface area contributed by atoms with Crippen LogP contribution in [0.4, 0.5) is 24.5 Å². The fourth-order valence-electron chi connectivity index (χ4n) is 4.81. The minimum atomic E-state index is -5.04. The molecule has 1 aliphatic heterocycles. The second-order valence-electron chi connectivity index (χ2n) is 9.35. The lowest BCUT2D eigenvalue weighted by atomic mass is 9.99. The third kappa shape index (κ3) is 5.32. The number of benzene rings is 3. The second kappa shape index (κ2) is 10.8. The molecule has 1 N–H and O–H groups in total. The summed E-state index contributed by atoms with van der Waals surface area (Å²) in [6, 6.07) is 16.7. The summed E-state index contributed by atoms with van der Waals surface area (Å²) in [5, 5.41) is 10.8. The van der Waals surface area contributed by atoms with Crippen LogP contribution in [-0.2, 0) is 11.2 Å². The number of aromatic hydroxyl groups is 1. The van der Waals surface area contributed by atoms with Crippen molar-refractivity contribution >= 4 is 23.2 Å². The summed E-state index contributed by atoms with van der Waals surface area (Å²) in [7, 11) is 1.29. The Morgan fingerprint density at radius 1 is 1.11 bits per heavy atom. The van der Waals surface area contributed by atoms with Crippen LogP contribution >= 0.6 is 0 Å². The van der Waals surface area contributed by atoms with Gasteiger partial charge in [-0.15, -0.1) is 0 Å². The van der Waals surface area contributed by atoms with Crippen molar-refractivity contribution in [2.24, 2.45) is 5.92 Å². The summed E-state index contributed by atoms with van der Waals surface area (Å²) in [6.45, 7) is 3.93. The molecule has 6 nitrogen and oxygen atoms in total. The van der Waals surface area contributed by atoms with Crippen molar-refractivity contribution in [2.75, 3.05) is 30.0 Å². The van der Waals surface area contributed by atoms with E-state index in [0.717, 1.165) is 24.1 Å². The summed E-state index contributed by atoms with van der Waals surface area (Å²) in [5.74, 6) is -1.93. The Morgan fingerprint density at radius 2 is 1.84 bits per heavy atom. The predicted molar refractivity (Wildman–Crippen MR) is 140 cm³/mol. The molecule has 0 saturated heterocycles. The van der Waals surface area contributed by atoms with Gasteiger partial charge >= 0.3 is 12.1 Å². The van der Waals surface area contributed by atoms with Crippen LogP contribution in [0.25, 0.3) is 11.1 Å². The number of hydrogen-bond donors (Lipinski definition) is 1. The van der Waals surface area contributed by atoms with Crippen molar-refractivity contribution < 1.29 is 32.6 Å². The van der Waals surface area contributed by atoms with Crippen molar-refractivity contribution in [3.05, 3.63) is 71.8 Å². The highest BCUT2D eigenvalue weighted by Gasteiger charge is 2.43. The van der Waals surface area contributed by atoms with Crippen molar-refractivity contribution in [1.82, 2.24) is 0 Å². The summed E-state index contributed by atoms with van der Waals surface area (Å²) in [6.07, 6.45) is -3.31. The molecule has 1 heterocycles. The van der Waals surface area contributed by atoms with Crippen molar-refractivity contribution in [3.8, 4) is 22.6 Å². The molecule has 4 rings (SSSR count). The number of ether oxygens (including phenoxy) is 1. The van der Waals surface area contributed by atoms with Gasteiger partial charge in [0.2, 0.25) is 0 Å². The molecule has 1 aliphatic rings. The predicted octanol–water partition coefficient (Wildman–Crippen LogP) is 6.21. The number of methoxy groups -OCH3 is 1. The number of carbonyl (C=O) groups excluding carboxylic acids is 2. The highest BCUT2D eigenvalue weighted by Crippen LogP contribution is 2.38. The zero-order valence-corrected chi connectivity index (χ0v) is 21.4. The number of rotatable bonds is 5. The van der Waals surface area contributed by atoms with Crippen LogP contribution in [0.1, 0.15) is 36.2 Å².